The molecule has 0 saturated carbocycles. The van der Waals surface area contributed by atoms with Gasteiger partial charge in [-0.1, -0.05) is 12.1 Å². The first-order valence-corrected chi connectivity index (χ1v) is 9.66. The van der Waals surface area contributed by atoms with Crippen molar-refractivity contribution in [3.8, 4) is 0 Å². The van der Waals surface area contributed by atoms with Crippen LogP contribution in [-0.4, -0.2) is 66.9 Å². The number of aliphatic hydroxyl groups excluding tert-OH is 1. The number of allylic oxidation sites excluding steroid dienone is 1. The van der Waals surface area contributed by atoms with Gasteiger partial charge >= 0.3 is 5.97 Å². The van der Waals surface area contributed by atoms with Gasteiger partial charge in [0.05, 0.1) is 30.6 Å². The first kappa shape index (κ1) is 22.0. The number of amides is 1. The standard InChI is InChI=1S/C23H24N2O6/c1-24(2)12-13-25-20(15-6-8-16(9-7-15)23(29)30-3)19(21(27)22(25)28)18(26)11-10-17-5-4-14-31-17/h4-11,14,20,27H,12-13H2,1-3H3. The Morgan fingerprint density at radius 2 is 1.94 bits per heavy atom. The van der Waals surface area contributed by atoms with Crippen LogP contribution in [0.1, 0.15) is 27.7 Å². The highest BCUT2D eigenvalue weighted by atomic mass is 16.5. The van der Waals surface area contributed by atoms with Crippen molar-refractivity contribution in [1.82, 2.24) is 9.80 Å². The number of esters is 1. The molecule has 0 bridgehead atoms. The van der Waals surface area contributed by atoms with E-state index in [1.165, 1.54) is 30.4 Å². The molecule has 8 heteroatoms. The number of methoxy groups -OCH3 is 1. The first-order chi connectivity index (χ1) is 14.8. The second-order valence-electron chi connectivity index (χ2n) is 7.29. The number of rotatable bonds is 8. The zero-order chi connectivity index (χ0) is 22.5. The molecule has 162 valence electrons. The van der Waals surface area contributed by atoms with Crippen LogP contribution in [0.3, 0.4) is 0 Å². The Morgan fingerprint density at radius 1 is 1.23 bits per heavy atom. The molecule has 1 aromatic heterocycles. The molecule has 2 heterocycles. The second kappa shape index (κ2) is 9.44. The fourth-order valence-corrected chi connectivity index (χ4v) is 3.34. The van der Waals surface area contributed by atoms with Gasteiger partial charge in [-0.3, -0.25) is 9.59 Å². The average Bonchev–Trinajstić information content (AvgIpc) is 3.37. The van der Waals surface area contributed by atoms with Crippen LogP contribution in [-0.2, 0) is 14.3 Å². The quantitative estimate of drug-likeness (QED) is 0.514. The van der Waals surface area contributed by atoms with Gasteiger partial charge in [0.1, 0.15) is 5.76 Å². The highest BCUT2D eigenvalue weighted by molar-refractivity contribution is 6.14. The lowest BCUT2D eigenvalue weighted by atomic mass is 9.95. The molecule has 1 atom stereocenters. The molecule has 8 nitrogen and oxygen atoms in total. The molecule has 3 rings (SSSR count). The molecule has 1 amide bonds. The summed E-state index contributed by atoms with van der Waals surface area (Å²) in [6.07, 6.45) is 4.23. The predicted molar refractivity (Wildman–Crippen MR) is 113 cm³/mol. The number of ketones is 1. The van der Waals surface area contributed by atoms with Gasteiger partial charge in [0, 0.05) is 13.1 Å². The van der Waals surface area contributed by atoms with Crippen LogP contribution in [0.4, 0.5) is 0 Å². The summed E-state index contributed by atoms with van der Waals surface area (Å²) in [5.74, 6) is -1.71. The molecule has 31 heavy (non-hydrogen) atoms. The minimum absolute atomic E-state index is 0.0163. The number of nitrogens with zero attached hydrogens (tertiary/aromatic N) is 2. The Balaban J connectivity index is 1.98. The molecule has 0 spiro atoms. The molecule has 1 aromatic carbocycles. The molecule has 1 unspecified atom stereocenters. The molecule has 0 saturated heterocycles. The first-order valence-electron chi connectivity index (χ1n) is 9.66. The van der Waals surface area contributed by atoms with E-state index in [4.69, 9.17) is 9.15 Å². The summed E-state index contributed by atoms with van der Waals surface area (Å²) in [5.41, 5.74) is 0.921. The molecule has 1 aliphatic heterocycles. The zero-order valence-corrected chi connectivity index (χ0v) is 17.6. The van der Waals surface area contributed by atoms with Crippen LogP contribution >= 0.6 is 0 Å². The minimum Gasteiger partial charge on any atom is -0.503 e. The van der Waals surface area contributed by atoms with Gasteiger partial charge in [-0.25, -0.2) is 4.79 Å². The van der Waals surface area contributed by atoms with Gasteiger partial charge in [0.2, 0.25) is 0 Å². The Hall–Kier alpha value is -3.65. The third kappa shape index (κ3) is 4.75. The number of hydrogen-bond donors (Lipinski definition) is 1. The number of likely N-dealkylation sites (N-methyl/N-ethyl adjacent to an activating group) is 1. The molecule has 0 aliphatic carbocycles. The molecule has 1 aliphatic rings. The number of furan rings is 1. The Kier molecular flexibility index (Phi) is 6.71. The molecular weight excluding hydrogens is 400 g/mol. The third-order valence-electron chi connectivity index (χ3n) is 4.95. The lowest BCUT2D eigenvalue weighted by Gasteiger charge is -2.27. The number of ether oxygens (including phenoxy) is 1. The molecule has 2 aromatic rings. The van der Waals surface area contributed by atoms with Gasteiger partial charge in [0.25, 0.3) is 5.91 Å². The van der Waals surface area contributed by atoms with Crippen molar-refractivity contribution < 1.29 is 28.6 Å². The van der Waals surface area contributed by atoms with Gasteiger partial charge in [-0.05, 0) is 56.1 Å². The average molecular weight is 424 g/mol. The van der Waals surface area contributed by atoms with E-state index < -0.39 is 29.5 Å². The second-order valence-corrected chi connectivity index (χ2v) is 7.29. The SMILES string of the molecule is COC(=O)c1ccc(C2C(C(=O)C=Cc3ccco3)=C(O)C(=O)N2CCN(C)C)cc1. The number of benzene rings is 1. The highest BCUT2D eigenvalue weighted by Gasteiger charge is 2.42. The Labute approximate surface area is 180 Å². The van der Waals surface area contributed by atoms with E-state index in [1.807, 2.05) is 19.0 Å². The normalized spacial score (nSPS) is 16.6. The topological polar surface area (TPSA) is 100 Å². The fraction of sp³-hybridized carbons (Fsp3) is 0.261. The van der Waals surface area contributed by atoms with Crippen molar-refractivity contribution in [3.63, 3.8) is 0 Å². The van der Waals surface area contributed by atoms with Crippen LogP contribution in [0.2, 0.25) is 0 Å². The largest absolute Gasteiger partial charge is 0.503 e. The van der Waals surface area contributed by atoms with Crippen LogP contribution in [0.5, 0.6) is 0 Å². The maximum absolute atomic E-state index is 13.0. The monoisotopic (exact) mass is 424 g/mol. The summed E-state index contributed by atoms with van der Waals surface area (Å²) < 4.78 is 9.91. The maximum Gasteiger partial charge on any atom is 0.337 e. The smallest absolute Gasteiger partial charge is 0.337 e. The van der Waals surface area contributed by atoms with E-state index in [0.717, 1.165) is 0 Å². The van der Waals surface area contributed by atoms with Gasteiger partial charge in [-0.2, -0.15) is 0 Å². The highest BCUT2D eigenvalue weighted by Crippen LogP contribution is 2.38. The van der Waals surface area contributed by atoms with E-state index in [1.54, 1.807) is 36.4 Å². The van der Waals surface area contributed by atoms with Crippen molar-refractivity contribution in [2.75, 3.05) is 34.3 Å². The van der Waals surface area contributed by atoms with E-state index in [2.05, 4.69) is 0 Å². The van der Waals surface area contributed by atoms with Gasteiger partial charge in [0.15, 0.2) is 11.5 Å². The predicted octanol–water partition coefficient (Wildman–Crippen LogP) is 2.61. The summed E-state index contributed by atoms with van der Waals surface area (Å²) in [4.78, 5) is 40.9. The molecular formula is C23H24N2O6. The lowest BCUT2D eigenvalue weighted by Crippen LogP contribution is -2.36. The van der Waals surface area contributed by atoms with Crippen LogP contribution in [0.15, 0.2) is 64.5 Å². The fourth-order valence-electron chi connectivity index (χ4n) is 3.34. The number of hydrogen-bond acceptors (Lipinski definition) is 7. The Bertz CT molecular complexity index is 1020. The molecule has 1 N–H and O–H groups in total. The summed E-state index contributed by atoms with van der Waals surface area (Å²) >= 11 is 0. The van der Waals surface area contributed by atoms with Gasteiger partial charge in [-0.15, -0.1) is 0 Å². The van der Waals surface area contributed by atoms with Crippen molar-refractivity contribution >= 4 is 23.7 Å². The number of carbonyl (C=O) groups excluding carboxylic acids is 3. The Morgan fingerprint density at radius 3 is 2.52 bits per heavy atom. The lowest BCUT2D eigenvalue weighted by molar-refractivity contribution is -0.129. The van der Waals surface area contributed by atoms with E-state index in [-0.39, 0.29) is 5.57 Å². The zero-order valence-electron chi connectivity index (χ0n) is 17.6. The van der Waals surface area contributed by atoms with E-state index in [0.29, 0.717) is 30.0 Å². The third-order valence-corrected chi connectivity index (χ3v) is 4.95. The summed E-state index contributed by atoms with van der Waals surface area (Å²) in [7, 11) is 5.02. The van der Waals surface area contributed by atoms with E-state index >= 15 is 0 Å². The summed E-state index contributed by atoms with van der Waals surface area (Å²) in [6.45, 7) is 0.845. The summed E-state index contributed by atoms with van der Waals surface area (Å²) in [5, 5.41) is 10.6. The van der Waals surface area contributed by atoms with Crippen molar-refractivity contribution in [3.05, 3.63) is 77.0 Å². The van der Waals surface area contributed by atoms with Crippen LogP contribution in [0.25, 0.3) is 6.08 Å². The number of aliphatic hydroxyl groups is 1. The summed E-state index contributed by atoms with van der Waals surface area (Å²) in [6, 6.07) is 9.01. The van der Waals surface area contributed by atoms with Crippen molar-refractivity contribution in [2.45, 2.75) is 6.04 Å². The van der Waals surface area contributed by atoms with Gasteiger partial charge < -0.3 is 24.1 Å². The number of carbonyl (C=O) groups is 3. The van der Waals surface area contributed by atoms with Crippen LogP contribution in [0, 0.1) is 0 Å². The van der Waals surface area contributed by atoms with Crippen LogP contribution < -0.4 is 0 Å². The van der Waals surface area contributed by atoms with Crippen molar-refractivity contribution in [1.29, 1.82) is 0 Å². The van der Waals surface area contributed by atoms with Crippen molar-refractivity contribution in [2.24, 2.45) is 0 Å². The maximum atomic E-state index is 13.0. The van der Waals surface area contributed by atoms with E-state index in [9.17, 15) is 19.5 Å². The minimum atomic E-state index is -0.784. The molecule has 0 fully saturated rings. The molecule has 0 radical (unpaired) electrons.